The number of hydrogen-bond donors (Lipinski definition) is 6. The second-order valence-corrected chi connectivity index (χ2v) is 15.5. The van der Waals surface area contributed by atoms with Gasteiger partial charge in [-0.2, -0.15) is 0 Å². The molecule has 6 rings (SSSR count). The van der Waals surface area contributed by atoms with E-state index in [2.05, 4.69) is 15.5 Å². The monoisotopic (exact) mass is 819 g/mol. The van der Waals surface area contributed by atoms with Gasteiger partial charge in [-0.25, -0.2) is 9.78 Å². The second kappa shape index (κ2) is 15.4. The van der Waals surface area contributed by atoms with Gasteiger partial charge in [0.05, 0.1) is 52.7 Å². The van der Waals surface area contributed by atoms with E-state index < -0.39 is 76.3 Å². The lowest BCUT2D eigenvalue weighted by Crippen LogP contribution is -2.71. The molecule has 292 valence electrons. The zero-order valence-electron chi connectivity index (χ0n) is 28.9. The van der Waals surface area contributed by atoms with E-state index >= 15 is 0 Å². The number of aromatic nitrogens is 2. The number of fused-ring (bicyclic) bond motifs is 2. The van der Waals surface area contributed by atoms with Crippen LogP contribution in [0, 0.1) is 0 Å². The zero-order chi connectivity index (χ0) is 39.9. The lowest BCUT2D eigenvalue weighted by molar-refractivity contribution is -0.925. The average molecular weight is 820 g/mol. The Balaban J connectivity index is 1.26. The summed E-state index contributed by atoms with van der Waals surface area (Å²) in [4.78, 5) is 86.1. The number of nitrogens with zero attached hydrogens (tertiary/aromatic N) is 5. The number of quaternary nitrogens is 1. The largest absolute Gasteiger partial charge is 0.543 e. The number of hydrogen-bond acceptors (Lipinski definition) is 15. The molecule has 0 bridgehead atoms. The second-order valence-electron chi connectivity index (χ2n) is 13.2. The topological polar surface area (TPSA) is 287 Å². The van der Waals surface area contributed by atoms with Gasteiger partial charge >= 0.3 is 11.9 Å². The summed E-state index contributed by atoms with van der Waals surface area (Å²) in [7, 11) is 0. The van der Waals surface area contributed by atoms with E-state index in [1.807, 2.05) is 6.92 Å². The Morgan fingerprint density at radius 3 is 2.51 bits per heavy atom. The predicted molar refractivity (Wildman–Crippen MR) is 195 cm³/mol. The number of nitrogens with one attached hydrogen (secondary N) is 1. The summed E-state index contributed by atoms with van der Waals surface area (Å²) in [6, 6.07) is 0.00946. The smallest absolute Gasteiger partial charge is 0.348 e. The van der Waals surface area contributed by atoms with Crippen LogP contribution in [0.2, 0.25) is 5.02 Å². The summed E-state index contributed by atoms with van der Waals surface area (Å²) >= 11 is 8.47. The highest BCUT2D eigenvalue weighted by Crippen LogP contribution is 2.42. The lowest BCUT2D eigenvalue weighted by Gasteiger charge is -2.51. The van der Waals surface area contributed by atoms with Gasteiger partial charge in [-0.3, -0.25) is 24.1 Å². The van der Waals surface area contributed by atoms with Gasteiger partial charge in [-0.1, -0.05) is 16.8 Å². The number of likely N-dealkylation sites (tertiary alicyclic amines) is 1. The molecule has 55 heavy (non-hydrogen) atoms. The number of aromatic hydroxyl groups is 2. The SMILES string of the molecule is CCn1cc(C[N+]2(CC3=C(C(=O)[O-])N4C(=O)[C@@H](NC(=O)/C(=N\O[C@@H](CC(=O)O)C(=O)O)c5csc(N)n5)[C@H]4SC3)CCCC2)c(=O)c2c(Cl)c(O)c(O)cc21. The van der Waals surface area contributed by atoms with Crippen molar-refractivity contribution in [2.24, 2.45) is 5.16 Å². The molecule has 19 nitrogen and oxygen atoms in total. The van der Waals surface area contributed by atoms with Gasteiger partial charge in [-0.05, 0) is 6.92 Å². The van der Waals surface area contributed by atoms with E-state index in [1.165, 1.54) is 23.2 Å². The molecule has 0 unspecified atom stereocenters. The molecule has 3 atom stereocenters. The minimum absolute atomic E-state index is 0.0132. The first-order valence-corrected chi connectivity index (χ1v) is 19.1. The summed E-state index contributed by atoms with van der Waals surface area (Å²) in [6.45, 7) is 3.75. The molecule has 0 radical (unpaired) electrons. The lowest BCUT2D eigenvalue weighted by atomic mass is 10.0. The number of halogens is 1. The van der Waals surface area contributed by atoms with Crippen LogP contribution in [-0.2, 0) is 41.9 Å². The van der Waals surface area contributed by atoms with E-state index in [0.717, 1.165) is 29.1 Å². The Morgan fingerprint density at radius 1 is 1.20 bits per heavy atom. The Morgan fingerprint density at radius 2 is 1.91 bits per heavy atom. The number of phenols is 2. The molecule has 0 aliphatic carbocycles. The predicted octanol–water partition coefficient (Wildman–Crippen LogP) is -0.0120. The summed E-state index contributed by atoms with van der Waals surface area (Å²) in [5.74, 6) is -7.56. The molecule has 2 saturated heterocycles. The van der Waals surface area contributed by atoms with Crippen molar-refractivity contribution in [3.05, 3.63) is 55.4 Å². The number of thioether (sulfide) groups is 1. The first-order valence-electron chi connectivity index (χ1n) is 16.8. The number of rotatable bonds is 14. The van der Waals surface area contributed by atoms with Gasteiger partial charge in [0.1, 0.15) is 30.2 Å². The van der Waals surface area contributed by atoms with Crippen molar-refractivity contribution in [1.82, 2.24) is 19.8 Å². The van der Waals surface area contributed by atoms with Gasteiger partial charge in [-0.15, -0.1) is 23.1 Å². The number of carbonyl (C=O) groups is 5. The number of carboxylic acids is 3. The van der Waals surface area contributed by atoms with Gasteiger partial charge in [0.15, 0.2) is 27.8 Å². The molecule has 3 aromatic rings. The van der Waals surface area contributed by atoms with Crippen LogP contribution < -0.4 is 21.6 Å². The number of anilines is 1. The molecular formula is C33H34ClN7O12S2. The Kier molecular flexibility index (Phi) is 11.0. The molecule has 0 saturated carbocycles. The van der Waals surface area contributed by atoms with E-state index in [9.17, 15) is 49.2 Å². The van der Waals surface area contributed by atoms with Crippen molar-refractivity contribution in [3.63, 3.8) is 0 Å². The zero-order valence-corrected chi connectivity index (χ0v) is 31.3. The van der Waals surface area contributed by atoms with E-state index in [-0.39, 0.29) is 50.3 Å². The van der Waals surface area contributed by atoms with Gasteiger partial charge in [0.25, 0.3) is 11.8 Å². The molecule has 5 heterocycles. The molecule has 3 aliphatic rings. The fourth-order valence-electron chi connectivity index (χ4n) is 7.10. The number of amides is 2. The molecule has 2 fully saturated rings. The number of aryl methyl sites for hydroxylation is 1. The van der Waals surface area contributed by atoms with Gasteiger partial charge < -0.3 is 55.3 Å². The summed E-state index contributed by atoms with van der Waals surface area (Å²) in [5.41, 5.74) is 5.26. The van der Waals surface area contributed by atoms with Crippen LogP contribution in [0.1, 0.15) is 37.4 Å². The number of aliphatic carboxylic acids is 3. The van der Waals surface area contributed by atoms with Crippen molar-refractivity contribution < 1.29 is 58.8 Å². The third-order valence-corrected chi connectivity index (χ3v) is 12.0. The molecule has 0 spiro atoms. The van der Waals surface area contributed by atoms with Crippen molar-refractivity contribution in [2.45, 2.75) is 56.8 Å². The molecular weight excluding hydrogens is 786 g/mol. The van der Waals surface area contributed by atoms with Crippen molar-refractivity contribution in [2.75, 3.05) is 31.1 Å². The number of carbonyl (C=O) groups excluding carboxylic acids is 3. The van der Waals surface area contributed by atoms with Gasteiger partial charge in [0.2, 0.25) is 6.10 Å². The maximum atomic E-state index is 13.8. The summed E-state index contributed by atoms with van der Waals surface area (Å²) in [6.07, 6.45) is 0.293. The third kappa shape index (κ3) is 7.51. The van der Waals surface area contributed by atoms with Crippen LogP contribution in [0.4, 0.5) is 5.13 Å². The number of nitrogen functional groups attached to an aromatic ring is 1. The van der Waals surface area contributed by atoms with Crippen LogP contribution in [0.15, 0.2) is 38.9 Å². The van der Waals surface area contributed by atoms with E-state index in [0.29, 0.717) is 36.3 Å². The minimum Gasteiger partial charge on any atom is -0.543 e. The standard InChI is InChI=1S/C33H34ClN7O12S2/c1-2-39-9-14(26(45)21-17(39)7-18(42)27(46)22(21)34)10-41(5-3-4-6-41)11-15-12-54-30-24(29(48)40(30)25(15)32(51)52)37-28(47)23(16-13-55-33(35)36-16)38-53-19(31(49)50)8-20(43)44/h7,9,13,19,24,30H,2-6,8,10-12H2,1H3,(H7-,35,36,37,38,42,43,44,45,46,47,49,50,51,52)/t19-,24+,30+/m0/s1. The average Bonchev–Trinajstić information content (AvgIpc) is 3.78. The number of thiazole rings is 1. The number of benzene rings is 1. The van der Waals surface area contributed by atoms with Crippen molar-refractivity contribution in [1.29, 1.82) is 0 Å². The number of oxime groups is 1. The van der Waals surface area contributed by atoms with Crippen LogP contribution in [0.5, 0.6) is 11.5 Å². The Hall–Kier alpha value is -5.38. The third-order valence-electron chi connectivity index (χ3n) is 9.64. The molecule has 7 N–H and O–H groups in total. The highest BCUT2D eigenvalue weighted by atomic mass is 35.5. The molecule has 22 heteroatoms. The number of carboxylic acid groups (broad SMARTS) is 3. The van der Waals surface area contributed by atoms with Crippen LogP contribution in [-0.4, -0.2) is 118 Å². The maximum Gasteiger partial charge on any atom is 0.348 e. The summed E-state index contributed by atoms with van der Waals surface area (Å²) < 4.78 is 2.01. The molecule has 3 aliphatic heterocycles. The van der Waals surface area contributed by atoms with E-state index in [4.69, 9.17) is 27.3 Å². The van der Waals surface area contributed by atoms with Crippen LogP contribution >= 0.6 is 34.7 Å². The van der Waals surface area contributed by atoms with Crippen LogP contribution in [0.25, 0.3) is 10.9 Å². The van der Waals surface area contributed by atoms with Crippen molar-refractivity contribution in [3.8, 4) is 11.5 Å². The first kappa shape index (κ1) is 39.3. The number of pyridine rings is 1. The molecule has 2 amide bonds. The quantitative estimate of drug-likeness (QED) is 0.0410. The van der Waals surface area contributed by atoms with E-state index in [1.54, 1.807) is 10.8 Å². The summed E-state index contributed by atoms with van der Waals surface area (Å²) in [5, 5.41) is 57.8. The number of β-lactam (4-membered cyclic amide) rings is 1. The fraction of sp³-hybridized carbons (Fsp3) is 0.394. The number of phenolic OH excluding ortho intramolecular Hbond substituents is 2. The minimum atomic E-state index is -1.96. The molecule has 2 aromatic heterocycles. The first-order chi connectivity index (χ1) is 26.1. The number of nitrogens with two attached hydrogens (primary N) is 1. The normalized spacial score (nSPS) is 19.9. The van der Waals surface area contributed by atoms with Gasteiger partial charge in [0, 0.05) is 48.4 Å². The Bertz CT molecular complexity index is 2250. The highest BCUT2D eigenvalue weighted by Gasteiger charge is 2.54. The Labute approximate surface area is 323 Å². The maximum absolute atomic E-state index is 13.8. The van der Waals surface area contributed by atoms with Crippen LogP contribution in [0.3, 0.4) is 0 Å². The van der Waals surface area contributed by atoms with Crippen molar-refractivity contribution >= 4 is 86.2 Å². The fourth-order valence-corrected chi connectivity index (χ4v) is 9.26. The molecule has 1 aromatic carbocycles. The highest BCUT2D eigenvalue weighted by molar-refractivity contribution is 8.00.